The predicted molar refractivity (Wildman–Crippen MR) is 112 cm³/mol. The lowest BCUT2D eigenvalue weighted by atomic mass is 9.71. The number of ketones is 1. The van der Waals surface area contributed by atoms with E-state index in [1.54, 1.807) is 32.6 Å². The second-order valence-electron chi connectivity index (χ2n) is 8.82. The maximum Gasteiger partial charge on any atom is 0.414 e. The molecule has 2 aliphatic rings. The summed E-state index contributed by atoms with van der Waals surface area (Å²) in [6, 6.07) is 2.94. The van der Waals surface area contributed by atoms with Crippen molar-refractivity contribution in [2.45, 2.75) is 59.0 Å². The quantitative estimate of drug-likeness (QED) is 0.571. The van der Waals surface area contributed by atoms with E-state index >= 15 is 0 Å². The molecule has 0 aromatic carbocycles. The molecule has 168 valence electrons. The highest BCUT2D eigenvalue weighted by Gasteiger charge is 2.45. The maximum absolute atomic E-state index is 13.3. The zero-order valence-corrected chi connectivity index (χ0v) is 18.5. The number of Topliss-reactive ketones (excluding diaryl/α,β-unsaturated/α-hetero) is 1. The van der Waals surface area contributed by atoms with E-state index in [1.165, 1.54) is 18.3 Å². The van der Waals surface area contributed by atoms with Crippen LogP contribution in [0.15, 0.2) is 29.6 Å². The summed E-state index contributed by atoms with van der Waals surface area (Å²) in [6.45, 7) is 7.82. The van der Waals surface area contributed by atoms with Gasteiger partial charge in [-0.25, -0.2) is 9.78 Å². The molecule has 31 heavy (non-hydrogen) atoms. The predicted octanol–water partition coefficient (Wildman–Crippen LogP) is 3.84. The molecule has 1 amide bonds. The Morgan fingerprint density at radius 2 is 2.00 bits per heavy atom. The van der Waals surface area contributed by atoms with Crippen LogP contribution in [0, 0.1) is 11.8 Å². The van der Waals surface area contributed by atoms with Gasteiger partial charge in [0.25, 0.3) is 0 Å². The normalized spacial score (nSPS) is 21.4. The monoisotopic (exact) mass is 430 g/mol. The van der Waals surface area contributed by atoms with Gasteiger partial charge in [-0.15, -0.1) is 0 Å². The smallest absolute Gasteiger partial charge is 0.414 e. The largest absolute Gasteiger partial charge is 0.506 e. The Bertz CT molecular complexity index is 902. The van der Waals surface area contributed by atoms with Gasteiger partial charge in [0.1, 0.15) is 17.0 Å². The summed E-state index contributed by atoms with van der Waals surface area (Å²) in [6.07, 6.45) is 3.03. The molecule has 0 fully saturated rings. The number of pyridine rings is 1. The molecule has 1 aliphatic carbocycles. The molecule has 2 atom stereocenters. The zero-order valence-electron chi connectivity index (χ0n) is 18.5. The molecule has 2 heterocycles. The average molecular weight is 431 g/mol. The van der Waals surface area contributed by atoms with Crippen molar-refractivity contribution in [3.8, 4) is 5.75 Å². The molecular weight excluding hydrogens is 400 g/mol. The number of aromatic nitrogens is 1. The van der Waals surface area contributed by atoms with Crippen molar-refractivity contribution in [1.29, 1.82) is 0 Å². The highest BCUT2D eigenvalue weighted by Crippen LogP contribution is 2.43. The minimum Gasteiger partial charge on any atom is -0.506 e. The number of amides is 1. The lowest BCUT2D eigenvalue weighted by Gasteiger charge is -2.40. The summed E-state index contributed by atoms with van der Waals surface area (Å²) >= 11 is 0. The molecule has 0 saturated heterocycles. The van der Waals surface area contributed by atoms with Crippen LogP contribution >= 0.6 is 0 Å². The van der Waals surface area contributed by atoms with Crippen molar-refractivity contribution < 1.29 is 29.0 Å². The molecule has 3 rings (SSSR count). The average Bonchev–Trinajstić information content (AvgIpc) is 2.71. The lowest BCUT2D eigenvalue weighted by Crippen LogP contribution is -2.44. The second-order valence-corrected chi connectivity index (χ2v) is 8.82. The molecule has 1 aromatic heterocycles. The van der Waals surface area contributed by atoms with Crippen LogP contribution in [0.1, 0.15) is 63.9 Å². The number of ether oxygens (including phenoxy) is 2. The van der Waals surface area contributed by atoms with Gasteiger partial charge >= 0.3 is 12.1 Å². The fourth-order valence-electron chi connectivity index (χ4n) is 4.31. The number of allylic oxidation sites excluding steroid dienone is 1. The molecule has 1 aromatic rings. The van der Waals surface area contributed by atoms with Gasteiger partial charge in [-0.1, -0.05) is 0 Å². The molecule has 0 bridgehead atoms. The van der Waals surface area contributed by atoms with E-state index in [1.807, 2.05) is 0 Å². The Kier molecular flexibility index (Phi) is 6.67. The molecule has 1 N–H and O–H groups in total. The Morgan fingerprint density at radius 3 is 2.65 bits per heavy atom. The molecular formula is C23H30N2O6. The molecule has 8 heteroatoms. The first kappa shape index (κ1) is 22.8. The topological polar surface area (TPSA) is 106 Å². The van der Waals surface area contributed by atoms with Crippen LogP contribution in [0.25, 0.3) is 0 Å². The minimum absolute atomic E-state index is 0.0503. The van der Waals surface area contributed by atoms with Crippen molar-refractivity contribution >= 4 is 17.8 Å². The van der Waals surface area contributed by atoms with Crippen LogP contribution in [0.4, 0.5) is 4.79 Å². The Morgan fingerprint density at radius 1 is 1.26 bits per heavy atom. The van der Waals surface area contributed by atoms with Gasteiger partial charge in [0.15, 0.2) is 5.78 Å². The highest BCUT2D eigenvalue weighted by molar-refractivity contribution is 6.01. The summed E-state index contributed by atoms with van der Waals surface area (Å²) in [5, 5.41) is 10.1. The number of esters is 1. The number of carbonyl (C=O) groups excluding carboxylic acids is 3. The van der Waals surface area contributed by atoms with Gasteiger partial charge in [0.2, 0.25) is 0 Å². The van der Waals surface area contributed by atoms with Crippen LogP contribution < -0.4 is 0 Å². The van der Waals surface area contributed by atoms with Crippen LogP contribution in [-0.2, 0) is 14.3 Å². The van der Waals surface area contributed by atoms with E-state index in [2.05, 4.69) is 4.98 Å². The third kappa shape index (κ3) is 4.89. The van der Waals surface area contributed by atoms with E-state index in [0.29, 0.717) is 32.2 Å². The second kappa shape index (κ2) is 9.08. The van der Waals surface area contributed by atoms with Gasteiger partial charge in [-0.05, 0) is 71.1 Å². The summed E-state index contributed by atoms with van der Waals surface area (Å²) in [5.41, 5.74) is 0.800. The number of rotatable bonds is 4. The highest BCUT2D eigenvalue weighted by atomic mass is 16.6. The summed E-state index contributed by atoms with van der Waals surface area (Å²) in [7, 11) is 0. The Labute approximate surface area is 182 Å². The molecule has 8 nitrogen and oxygen atoms in total. The van der Waals surface area contributed by atoms with Crippen molar-refractivity contribution in [3.63, 3.8) is 0 Å². The van der Waals surface area contributed by atoms with E-state index < -0.39 is 35.3 Å². The SMILES string of the molecule is CCOC(=O)[C@H]1C2=C(CC[C@@H]1C(=O)c1ncccc1O)N(C(=O)OC(C)(C)C)CCC2. The Hall–Kier alpha value is -2.90. The number of hydrogen-bond donors (Lipinski definition) is 1. The van der Waals surface area contributed by atoms with E-state index in [-0.39, 0.29) is 18.1 Å². The van der Waals surface area contributed by atoms with Gasteiger partial charge < -0.3 is 14.6 Å². The van der Waals surface area contributed by atoms with Crippen LogP contribution in [-0.4, -0.2) is 51.6 Å². The van der Waals surface area contributed by atoms with Crippen LogP contribution in [0.2, 0.25) is 0 Å². The van der Waals surface area contributed by atoms with E-state index in [9.17, 15) is 19.5 Å². The standard InChI is InChI=1S/C23H30N2O6/c1-5-30-21(28)18-14-8-7-13-25(22(29)31-23(2,3)4)16(14)11-10-15(18)20(27)19-17(26)9-6-12-24-19/h6,9,12,15,18,26H,5,7-8,10-11,13H2,1-4H3/t15-,18-/m0/s1. The third-order valence-corrected chi connectivity index (χ3v) is 5.51. The maximum atomic E-state index is 13.3. The summed E-state index contributed by atoms with van der Waals surface area (Å²) in [5.74, 6) is -2.62. The molecule has 1 aliphatic heterocycles. The molecule has 0 unspecified atom stereocenters. The van der Waals surface area contributed by atoms with Gasteiger partial charge in [-0.3, -0.25) is 14.5 Å². The van der Waals surface area contributed by atoms with Crippen LogP contribution in [0.5, 0.6) is 5.75 Å². The number of nitrogens with zero attached hydrogens (tertiary/aromatic N) is 2. The number of hydrogen-bond acceptors (Lipinski definition) is 7. The fourth-order valence-corrected chi connectivity index (χ4v) is 4.31. The van der Waals surface area contributed by atoms with Crippen LogP contribution in [0.3, 0.4) is 0 Å². The first-order chi connectivity index (χ1) is 14.6. The molecule has 0 saturated carbocycles. The first-order valence-corrected chi connectivity index (χ1v) is 10.7. The lowest BCUT2D eigenvalue weighted by molar-refractivity contribution is -0.148. The van der Waals surface area contributed by atoms with Crippen molar-refractivity contribution in [2.24, 2.45) is 11.8 Å². The molecule has 0 spiro atoms. The zero-order chi connectivity index (χ0) is 22.8. The van der Waals surface area contributed by atoms with E-state index in [4.69, 9.17) is 9.47 Å². The third-order valence-electron chi connectivity index (χ3n) is 5.51. The number of aromatic hydroxyl groups is 1. The van der Waals surface area contributed by atoms with Crippen molar-refractivity contribution in [1.82, 2.24) is 9.88 Å². The fraction of sp³-hybridized carbons (Fsp3) is 0.565. The van der Waals surface area contributed by atoms with Crippen molar-refractivity contribution in [2.75, 3.05) is 13.2 Å². The van der Waals surface area contributed by atoms with Gasteiger partial charge in [0, 0.05) is 24.4 Å². The number of carbonyl (C=O) groups is 3. The summed E-state index contributed by atoms with van der Waals surface area (Å²) in [4.78, 5) is 44.6. The van der Waals surface area contributed by atoms with E-state index in [0.717, 1.165) is 11.3 Å². The van der Waals surface area contributed by atoms with Crippen molar-refractivity contribution in [3.05, 3.63) is 35.3 Å². The Balaban J connectivity index is 1.99. The molecule has 0 radical (unpaired) electrons. The summed E-state index contributed by atoms with van der Waals surface area (Å²) < 4.78 is 10.9. The minimum atomic E-state index is -0.817. The first-order valence-electron chi connectivity index (χ1n) is 10.7. The van der Waals surface area contributed by atoms with Gasteiger partial charge in [0.05, 0.1) is 12.5 Å². The van der Waals surface area contributed by atoms with Gasteiger partial charge in [-0.2, -0.15) is 0 Å².